The minimum atomic E-state index is 0.0801. The Morgan fingerprint density at radius 1 is 1.83 bits per heavy atom. The van der Waals surface area contributed by atoms with Crippen molar-refractivity contribution in [3.63, 3.8) is 0 Å². The van der Waals surface area contributed by atoms with E-state index in [1.54, 1.807) is 0 Å². The van der Waals surface area contributed by atoms with Crippen molar-refractivity contribution in [1.82, 2.24) is 5.32 Å². The standard InChI is InChI=1S/C8H15N3O/c1-3-7(4-2)10-6-5-8(9)11-12/h1,7,10,12H,4-6H2,2H3,(H2,9,11). The summed E-state index contributed by atoms with van der Waals surface area (Å²) in [4.78, 5) is 0. The van der Waals surface area contributed by atoms with Crippen LogP contribution in [0.4, 0.5) is 0 Å². The predicted molar refractivity (Wildman–Crippen MR) is 48.9 cm³/mol. The Labute approximate surface area is 72.8 Å². The molecule has 0 aliphatic carbocycles. The van der Waals surface area contributed by atoms with E-state index < -0.39 is 0 Å². The van der Waals surface area contributed by atoms with E-state index in [0.717, 1.165) is 6.42 Å². The number of nitrogens with two attached hydrogens (primary N) is 1. The highest BCUT2D eigenvalue weighted by molar-refractivity contribution is 5.79. The molecule has 0 aliphatic rings. The van der Waals surface area contributed by atoms with Gasteiger partial charge in [0.25, 0.3) is 0 Å². The average Bonchev–Trinajstić information content (AvgIpc) is 2.12. The molecular weight excluding hydrogens is 154 g/mol. The molecule has 68 valence electrons. The molecule has 0 aliphatic heterocycles. The van der Waals surface area contributed by atoms with Crippen LogP contribution in [0.2, 0.25) is 0 Å². The summed E-state index contributed by atoms with van der Waals surface area (Å²) in [5.41, 5.74) is 5.25. The topological polar surface area (TPSA) is 70.6 Å². The molecule has 0 radical (unpaired) electrons. The van der Waals surface area contributed by atoms with Crippen molar-refractivity contribution in [2.45, 2.75) is 25.8 Å². The summed E-state index contributed by atoms with van der Waals surface area (Å²) >= 11 is 0. The van der Waals surface area contributed by atoms with Gasteiger partial charge in [-0.2, -0.15) is 0 Å². The largest absolute Gasteiger partial charge is 0.409 e. The third kappa shape index (κ3) is 4.58. The molecule has 1 unspecified atom stereocenters. The van der Waals surface area contributed by atoms with E-state index in [-0.39, 0.29) is 11.9 Å². The molecule has 4 N–H and O–H groups in total. The molecule has 4 heteroatoms. The molecule has 0 bridgehead atoms. The van der Waals surface area contributed by atoms with Crippen molar-refractivity contribution in [1.29, 1.82) is 0 Å². The van der Waals surface area contributed by atoms with Gasteiger partial charge in [-0.3, -0.25) is 0 Å². The Kier molecular flexibility index (Phi) is 5.84. The molecule has 0 fully saturated rings. The quantitative estimate of drug-likeness (QED) is 0.180. The van der Waals surface area contributed by atoms with Gasteiger partial charge in [0.05, 0.1) is 6.04 Å². The van der Waals surface area contributed by atoms with E-state index in [1.165, 1.54) is 0 Å². The molecule has 0 saturated carbocycles. The Morgan fingerprint density at radius 3 is 2.92 bits per heavy atom. The number of amidine groups is 1. The molecule has 4 nitrogen and oxygen atoms in total. The van der Waals surface area contributed by atoms with E-state index in [2.05, 4.69) is 16.4 Å². The lowest BCUT2D eigenvalue weighted by Crippen LogP contribution is -2.30. The maximum atomic E-state index is 8.21. The SMILES string of the molecule is C#CC(CC)NCCC(N)=NO. The van der Waals surface area contributed by atoms with Gasteiger partial charge in [0.2, 0.25) is 0 Å². The van der Waals surface area contributed by atoms with Gasteiger partial charge in [-0.05, 0) is 6.42 Å². The lowest BCUT2D eigenvalue weighted by molar-refractivity contribution is 0.316. The number of oxime groups is 1. The third-order valence-electron chi connectivity index (χ3n) is 1.51. The van der Waals surface area contributed by atoms with Crippen LogP contribution in [0.1, 0.15) is 19.8 Å². The number of nitrogens with one attached hydrogen (secondary N) is 1. The van der Waals surface area contributed by atoms with Crippen molar-refractivity contribution in [3.8, 4) is 12.3 Å². The van der Waals surface area contributed by atoms with Crippen LogP contribution in [0.15, 0.2) is 5.16 Å². The fourth-order valence-electron chi connectivity index (χ4n) is 0.746. The summed E-state index contributed by atoms with van der Waals surface area (Å²) in [7, 11) is 0. The van der Waals surface area contributed by atoms with Gasteiger partial charge in [-0.15, -0.1) is 6.42 Å². The molecule has 0 saturated heterocycles. The van der Waals surface area contributed by atoms with E-state index in [0.29, 0.717) is 13.0 Å². The fourth-order valence-corrected chi connectivity index (χ4v) is 0.746. The molecule has 1 atom stereocenters. The van der Waals surface area contributed by atoms with Gasteiger partial charge in [-0.1, -0.05) is 18.0 Å². The second-order valence-corrected chi connectivity index (χ2v) is 2.42. The predicted octanol–water partition coefficient (Wildman–Crippen LogP) is 0.124. The molecule has 0 aromatic rings. The third-order valence-corrected chi connectivity index (χ3v) is 1.51. The highest BCUT2D eigenvalue weighted by Gasteiger charge is 1.99. The van der Waals surface area contributed by atoms with Crippen LogP contribution in [0.5, 0.6) is 0 Å². The number of terminal acetylenes is 1. The second-order valence-electron chi connectivity index (χ2n) is 2.42. The van der Waals surface area contributed by atoms with Crippen LogP contribution in [-0.2, 0) is 0 Å². The smallest absolute Gasteiger partial charge is 0.140 e. The molecule has 0 aromatic heterocycles. The first-order valence-electron chi connectivity index (χ1n) is 3.90. The van der Waals surface area contributed by atoms with Crippen molar-refractivity contribution >= 4 is 5.84 Å². The lowest BCUT2D eigenvalue weighted by Gasteiger charge is -2.08. The first kappa shape index (κ1) is 10.8. The summed E-state index contributed by atoms with van der Waals surface area (Å²) in [5.74, 6) is 2.81. The van der Waals surface area contributed by atoms with E-state index >= 15 is 0 Å². The van der Waals surface area contributed by atoms with E-state index in [1.807, 2.05) is 6.92 Å². The molecule has 12 heavy (non-hydrogen) atoms. The number of rotatable bonds is 5. The van der Waals surface area contributed by atoms with Crippen LogP contribution in [0.3, 0.4) is 0 Å². The van der Waals surface area contributed by atoms with E-state index in [4.69, 9.17) is 17.4 Å². The van der Waals surface area contributed by atoms with Gasteiger partial charge >= 0.3 is 0 Å². The Balaban J connectivity index is 3.50. The van der Waals surface area contributed by atoms with Gasteiger partial charge in [0.1, 0.15) is 5.84 Å². The highest BCUT2D eigenvalue weighted by Crippen LogP contribution is 1.87. The lowest BCUT2D eigenvalue weighted by atomic mass is 10.2. The van der Waals surface area contributed by atoms with Crippen LogP contribution in [-0.4, -0.2) is 23.6 Å². The Bertz CT molecular complexity index is 183. The summed E-state index contributed by atoms with van der Waals surface area (Å²) < 4.78 is 0. The number of hydrogen-bond acceptors (Lipinski definition) is 3. The van der Waals surface area contributed by atoms with Crippen LogP contribution >= 0.6 is 0 Å². The average molecular weight is 169 g/mol. The monoisotopic (exact) mass is 169 g/mol. The maximum Gasteiger partial charge on any atom is 0.140 e. The summed E-state index contributed by atoms with van der Waals surface area (Å²) in [6.45, 7) is 2.64. The molecule has 0 rings (SSSR count). The van der Waals surface area contributed by atoms with Crippen LogP contribution in [0.25, 0.3) is 0 Å². The zero-order valence-electron chi connectivity index (χ0n) is 7.25. The van der Waals surface area contributed by atoms with Crippen molar-refractivity contribution in [2.24, 2.45) is 10.9 Å². The molecule has 0 heterocycles. The fraction of sp³-hybridized carbons (Fsp3) is 0.625. The minimum absolute atomic E-state index is 0.0801. The van der Waals surface area contributed by atoms with Gasteiger partial charge in [-0.25, -0.2) is 0 Å². The zero-order chi connectivity index (χ0) is 9.40. The molecule has 0 amide bonds. The molecule has 0 aromatic carbocycles. The van der Waals surface area contributed by atoms with Gasteiger partial charge < -0.3 is 16.3 Å². The summed E-state index contributed by atoms with van der Waals surface area (Å²) in [6.07, 6.45) is 6.60. The molecular formula is C8H15N3O. The Hall–Kier alpha value is -1.21. The molecule has 0 spiro atoms. The van der Waals surface area contributed by atoms with Crippen molar-refractivity contribution < 1.29 is 5.21 Å². The van der Waals surface area contributed by atoms with Crippen LogP contribution in [0, 0.1) is 12.3 Å². The first-order chi connectivity index (χ1) is 5.74. The normalized spacial score (nSPS) is 13.8. The minimum Gasteiger partial charge on any atom is -0.409 e. The van der Waals surface area contributed by atoms with Crippen molar-refractivity contribution in [3.05, 3.63) is 0 Å². The number of hydrogen-bond donors (Lipinski definition) is 3. The maximum absolute atomic E-state index is 8.21. The zero-order valence-corrected chi connectivity index (χ0v) is 7.25. The Morgan fingerprint density at radius 2 is 2.50 bits per heavy atom. The van der Waals surface area contributed by atoms with Crippen LogP contribution < -0.4 is 11.1 Å². The van der Waals surface area contributed by atoms with Crippen molar-refractivity contribution in [2.75, 3.05) is 6.54 Å². The van der Waals surface area contributed by atoms with E-state index in [9.17, 15) is 0 Å². The van der Waals surface area contributed by atoms with Gasteiger partial charge in [0, 0.05) is 13.0 Å². The highest BCUT2D eigenvalue weighted by atomic mass is 16.4. The van der Waals surface area contributed by atoms with Gasteiger partial charge in [0.15, 0.2) is 0 Å². The second kappa shape index (κ2) is 6.50. The summed E-state index contributed by atoms with van der Waals surface area (Å²) in [6, 6.07) is 0.0801. The first-order valence-corrected chi connectivity index (χ1v) is 3.90. The number of nitrogens with zero attached hydrogens (tertiary/aromatic N) is 1. The summed E-state index contributed by atoms with van der Waals surface area (Å²) in [5, 5.41) is 14.1.